The first kappa shape index (κ1) is 13.6. The molecule has 1 aromatic rings. The highest BCUT2D eigenvalue weighted by Gasteiger charge is 2.30. The Balaban J connectivity index is 2.07. The van der Waals surface area contributed by atoms with Gasteiger partial charge in [-0.1, -0.05) is 25.5 Å². The van der Waals surface area contributed by atoms with E-state index in [1.165, 1.54) is 0 Å². The van der Waals surface area contributed by atoms with E-state index in [2.05, 4.69) is 6.92 Å². The Morgan fingerprint density at radius 2 is 2.16 bits per heavy atom. The van der Waals surface area contributed by atoms with Crippen molar-refractivity contribution in [2.24, 2.45) is 5.92 Å². The van der Waals surface area contributed by atoms with Crippen LogP contribution in [0.1, 0.15) is 30.1 Å². The van der Waals surface area contributed by atoms with Crippen LogP contribution in [0.4, 0.5) is 0 Å². The van der Waals surface area contributed by atoms with Crippen LogP contribution in [-0.4, -0.2) is 36.8 Å². The molecule has 0 N–H and O–H groups in total. The van der Waals surface area contributed by atoms with E-state index in [4.69, 9.17) is 4.74 Å². The van der Waals surface area contributed by atoms with Crippen LogP contribution in [0.5, 0.6) is 5.75 Å². The van der Waals surface area contributed by atoms with Crippen molar-refractivity contribution < 1.29 is 14.3 Å². The summed E-state index contributed by atoms with van der Waals surface area (Å²) in [6.07, 6.45) is 1.54. The topological polar surface area (TPSA) is 46.6 Å². The number of likely N-dealkylation sites (tertiary alicyclic amines) is 1. The molecule has 1 aliphatic heterocycles. The van der Waals surface area contributed by atoms with E-state index in [0.29, 0.717) is 30.2 Å². The zero-order valence-corrected chi connectivity index (χ0v) is 11.4. The van der Waals surface area contributed by atoms with Crippen molar-refractivity contribution in [2.45, 2.75) is 19.8 Å². The lowest BCUT2D eigenvalue weighted by Gasteiger charge is -2.16. The van der Waals surface area contributed by atoms with Gasteiger partial charge in [0, 0.05) is 13.0 Å². The number of hydrogen-bond acceptors (Lipinski definition) is 3. The molecule has 1 aromatic carbocycles. The van der Waals surface area contributed by atoms with Crippen LogP contribution in [0.15, 0.2) is 24.3 Å². The van der Waals surface area contributed by atoms with Gasteiger partial charge in [-0.2, -0.15) is 0 Å². The first-order valence-electron chi connectivity index (χ1n) is 6.59. The van der Waals surface area contributed by atoms with Crippen molar-refractivity contribution in [2.75, 3.05) is 20.2 Å². The van der Waals surface area contributed by atoms with Gasteiger partial charge in [-0.3, -0.25) is 9.59 Å². The highest BCUT2D eigenvalue weighted by atomic mass is 16.5. The fourth-order valence-electron chi connectivity index (χ4n) is 2.41. The molecule has 1 aliphatic rings. The van der Waals surface area contributed by atoms with Gasteiger partial charge in [0.15, 0.2) is 5.78 Å². The molecule has 0 bridgehead atoms. The molecule has 1 saturated heterocycles. The van der Waals surface area contributed by atoms with Crippen LogP contribution in [0.25, 0.3) is 0 Å². The molecular weight excluding hydrogens is 242 g/mol. The maximum Gasteiger partial charge on any atom is 0.223 e. The quantitative estimate of drug-likeness (QED) is 0.763. The second-order valence-corrected chi connectivity index (χ2v) is 4.88. The summed E-state index contributed by atoms with van der Waals surface area (Å²) in [6, 6.07) is 7.12. The van der Waals surface area contributed by atoms with Crippen molar-refractivity contribution in [3.8, 4) is 5.75 Å². The summed E-state index contributed by atoms with van der Waals surface area (Å²) in [5.41, 5.74) is 0.540. The summed E-state index contributed by atoms with van der Waals surface area (Å²) >= 11 is 0. The lowest BCUT2D eigenvalue weighted by atomic mass is 10.1. The number of rotatable bonds is 5. The van der Waals surface area contributed by atoms with Crippen molar-refractivity contribution in [3.05, 3.63) is 29.8 Å². The third-order valence-electron chi connectivity index (χ3n) is 3.61. The Morgan fingerprint density at radius 1 is 1.42 bits per heavy atom. The van der Waals surface area contributed by atoms with E-state index in [1.807, 2.05) is 6.07 Å². The molecule has 1 unspecified atom stereocenters. The first-order valence-corrected chi connectivity index (χ1v) is 6.59. The molecule has 1 amide bonds. The van der Waals surface area contributed by atoms with Gasteiger partial charge in [-0.25, -0.2) is 0 Å². The highest BCUT2D eigenvalue weighted by molar-refractivity contribution is 6.01. The normalized spacial score (nSPS) is 18.7. The second-order valence-electron chi connectivity index (χ2n) is 4.88. The maximum atomic E-state index is 12.2. The SMILES string of the molecule is CCC1CC(=O)N(CC(=O)c2ccccc2OC)C1. The minimum absolute atomic E-state index is 0.0671. The number of carbonyl (C=O) groups is 2. The van der Waals surface area contributed by atoms with Crippen LogP contribution in [0, 0.1) is 5.92 Å². The number of ether oxygens (including phenoxy) is 1. The van der Waals surface area contributed by atoms with Gasteiger partial charge in [-0.15, -0.1) is 0 Å². The average Bonchev–Trinajstić information content (AvgIpc) is 2.79. The summed E-state index contributed by atoms with van der Waals surface area (Å²) in [7, 11) is 1.54. The number of benzene rings is 1. The Labute approximate surface area is 113 Å². The highest BCUT2D eigenvalue weighted by Crippen LogP contribution is 2.23. The van der Waals surface area contributed by atoms with E-state index in [-0.39, 0.29) is 18.2 Å². The fourth-order valence-corrected chi connectivity index (χ4v) is 2.41. The summed E-state index contributed by atoms with van der Waals surface area (Å²) in [4.78, 5) is 25.7. The van der Waals surface area contributed by atoms with Gasteiger partial charge in [0.1, 0.15) is 5.75 Å². The minimum Gasteiger partial charge on any atom is -0.496 e. The van der Waals surface area contributed by atoms with Gasteiger partial charge >= 0.3 is 0 Å². The van der Waals surface area contributed by atoms with Crippen LogP contribution >= 0.6 is 0 Å². The number of Topliss-reactive ketones (excluding diaryl/α,β-unsaturated/α-hetero) is 1. The van der Waals surface area contributed by atoms with E-state index < -0.39 is 0 Å². The molecule has 0 radical (unpaired) electrons. The molecule has 102 valence electrons. The van der Waals surface area contributed by atoms with E-state index in [0.717, 1.165) is 6.42 Å². The van der Waals surface area contributed by atoms with Gasteiger partial charge in [0.2, 0.25) is 5.91 Å². The number of carbonyl (C=O) groups excluding carboxylic acids is 2. The Bertz CT molecular complexity index is 484. The molecule has 0 aromatic heterocycles. The monoisotopic (exact) mass is 261 g/mol. The van der Waals surface area contributed by atoms with Crippen LogP contribution < -0.4 is 4.74 Å². The van der Waals surface area contributed by atoms with E-state index >= 15 is 0 Å². The summed E-state index contributed by atoms with van der Waals surface area (Å²) in [5, 5.41) is 0. The first-order chi connectivity index (χ1) is 9.15. The number of para-hydroxylation sites is 1. The smallest absolute Gasteiger partial charge is 0.223 e. The molecule has 4 nitrogen and oxygen atoms in total. The molecule has 0 spiro atoms. The molecule has 1 heterocycles. The third kappa shape index (κ3) is 2.95. The Morgan fingerprint density at radius 3 is 2.79 bits per heavy atom. The minimum atomic E-state index is -0.0671. The standard InChI is InChI=1S/C15H19NO3/c1-3-11-8-15(18)16(9-11)10-13(17)12-6-4-5-7-14(12)19-2/h4-7,11H,3,8-10H2,1-2H3. The van der Waals surface area contributed by atoms with Gasteiger partial charge in [0.05, 0.1) is 19.2 Å². The van der Waals surface area contributed by atoms with E-state index in [9.17, 15) is 9.59 Å². The molecule has 4 heteroatoms. The fraction of sp³-hybridized carbons (Fsp3) is 0.467. The molecule has 2 rings (SSSR count). The van der Waals surface area contributed by atoms with Crippen LogP contribution in [0.3, 0.4) is 0 Å². The van der Waals surface area contributed by atoms with Crippen LogP contribution in [0.2, 0.25) is 0 Å². The Hall–Kier alpha value is -1.84. The van der Waals surface area contributed by atoms with Crippen molar-refractivity contribution >= 4 is 11.7 Å². The Kier molecular flexibility index (Phi) is 4.20. The van der Waals surface area contributed by atoms with Crippen LogP contribution in [-0.2, 0) is 4.79 Å². The molecule has 0 aliphatic carbocycles. The number of hydrogen-bond donors (Lipinski definition) is 0. The van der Waals surface area contributed by atoms with Crippen molar-refractivity contribution in [3.63, 3.8) is 0 Å². The van der Waals surface area contributed by atoms with E-state index in [1.54, 1.807) is 30.2 Å². The molecule has 0 saturated carbocycles. The maximum absolute atomic E-state index is 12.2. The van der Waals surface area contributed by atoms with Gasteiger partial charge in [0.25, 0.3) is 0 Å². The summed E-state index contributed by atoms with van der Waals surface area (Å²) in [5.74, 6) is 0.960. The number of nitrogens with zero attached hydrogens (tertiary/aromatic N) is 1. The predicted octanol–water partition coefficient (Wildman–Crippen LogP) is 2.14. The van der Waals surface area contributed by atoms with Gasteiger partial charge < -0.3 is 9.64 Å². The molecular formula is C15H19NO3. The number of ketones is 1. The zero-order valence-electron chi connectivity index (χ0n) is 11.4. The number of amides is 1. The number of methoxy groups -OCH3 is 1. The summed E-state index contributed by atoms with van der Waals surface area (Å²) in [6.45, 7) is 2.91. The largest absolute Gasteiger partial charge is 0.496 e. The lowest BCUT2D eigenvalue weighted by molar-refractivity contribution is -0.127. The van der Waals surface area contributed by atoms with Crippen molar-refractivity contribution in [1.29, 1.82) is 0 Å². The average molecular weight is 261 g/mol. The lowest BCUT2D eigenvalue weighted by Crippen LogP contribution is -2.31. The molecule has 1 fully saturated rings. The second kappa shape index (κ2) is 5.87. The molecule has 19 heavy (non-hydrogen) atoms. The third-order valence-corrected chi connectivity index (χ3v) is 3.61. The summed E-state index contributed by atoms with van der Waals surface area (Å²) < 4.78 is 5.18. The van der Waals surface area contributed by atoms with Gasteiger partial charge in [-0.05, 0) is 18.1 Å². The zero-order chi connectivity index (χ0) is 13.8. The van der Waals surface area contributed by atoms with Crippen molar-refractivity contribution in [1.82, 2.24) is 4.90 Å². The predicted molar refractivity (Wildman–Crippen MR) is 72.3 cm³/mol. The molecule has 1 atom stereocenters.